The molecule has 1 amide bonds. The summed E-state index contributed by atoms with van der Waals surface area (Å²) >= 11 is 1.33. The highest BCUT2D eigenvalue weighted by atomic mass is 32.1. The van der Waals surface area contributed by atoms with E-state index in [0.717, 1.165) is 27.8 Å². The molecule has 3 heterocycles. The van der Waals surface area contributed by atoms with Crippen LogP contribution < -0.4 is 24.9 Å². The van der Waals surface area contributed by atoms with Gasteiger partial charge in [0.05, 0.1) is 28.5 Å². The number of thiazole rings is 1. The summed E-state index contributed by atoms with van der Waals surface area (Å²) in [6.45, 7) is 8.83. The van der Waals surface area contributed by atoms with E-state index < -0.39 is 6.04 Å². The number of rotatable bonds is 8. The van der Waals surface area contributed by atoms with Crippen molar-refractivity contribution in [3.63, 3.8) is 0 Å². The van der Waals surface area contributed by atoms with Crippen LogP contribution in [0.25, 0.3) is 17.0 Å². The van der Waals surface area contributed by atoms with E-state index in [1.165, 1.54) is 11.3 Å². The van der Waals surface area contributed by atoms with Gasteiger partial charge >= 0.3 is 0 Å². The Morgan fingerprint density at radius 1 is 1.07 bits per heavy atom. The number of nitrogens with one attached hydrogen (secondary N) is 1. The van der Waals surface area contributed by atoms with E-state index in [1.807, 2.05) is 98.9 Å². The first kappa shape index (κ1) is 27.2. The van der Waals surface area contributed by atoms with Gasteiger partial charge in [-0.3, -0.25) is 14.2 Å². The van der Waals surface area contributed by atoms with Crippen LogP contribution in [0.4, 0.5) is 5.69 Å². The SMILES string of the molecule is C=CCn1cc(/C=c2\sc3n(c2=O)[C@@H](c2ccc(OCC)cc2)C(C(=O)Nc2ccccc2)=C(C)N=3)c2ccccc21. The van der Waals surface area contributed by atoms with Gasteiger partial charge in [-0.1, -0.05) is 65.9 Å². The molecule has 1 aliphatic rings. The molecular weight excluding hydrogens is 544 g/mol. The average molecular weight is 575 g/mol. The van der Waals surface area contributed by atoms with Gasteiger partial charge in [0.1, 0.15) is 5.75 Å². The lowest BCUT2D eigenvalue weighted by Gasteiger charge is -2.25. The maximum Gasteiger partial charge on any atom is 0.271 e. The zero-order valence-electron chi connectivity index (χ0n) is 23.4. The molecule has 8 heteroatoms. The second kappa shape index (κ2) is 11.5. The van der Waals surface area contributed by atoms with E-state index in [1.54, 1.807) is 4.57 Å². The number of amides is 1. The van der Waals surface area contributed by atoms with Gasteiger partial charge in [-0.25, -0.2) is 4.99 Å². The summed E-state index contributed by atoms with van der Waals surface area (Å²) in [6, 6.07) is 24.3. The van der Waals surface area contributed by atoms with Gasteiger partial charge < -0.3 is 14.6 Å². The van der Waals surface area contributed by atoms with Gasteiger partial charge in [-0.05, 0) is 55.8 Å². The molecule has 0 radical (unpaired) electrons. The van der Waals surface area contributed by atoms with Crippen molar-refractivity contribution in [1.29, 1.82) is 0 Å². The summed E-state index contributed by atoms with van der Waals surface area (Å²) in [7, 11) is 0. The van der Waals surface area contributed by atoms with Crippen LogP contribution in [-0.4, -0.2) is 21.6 Å². The fraction of sp³-hybridized carbons (Fsp3) is 0.147. The molecular formula is C34H30N4O3S. The molecule has 1 atom stereocenters. The summed E-state index contributed by atoms with van der Waals surface area (Å²) < 4.78 is 9.95. The molecule has 1 aliphatic heterocycles. The van der Waals surface area contributed by atoms with Crippen LogP contribution in [0.1, 0.15) is 31.0 Å². The molecule has 0 saturated carbocycles. The topological polar surface area (TPSA) is 77.6 Å². The lowest BCUT2D eigenvalue weighted by atomic mass is 9.95. The van der Waals surface area contributed by atoms with Gasteiger partial charge in [0, 0.05) is 34.9 Å². The van der Waals surface area contributed by atoms with E-state index in [0.29, 0.717) is 39.4 Å². The summed E-state index contributed by atoms with van der Waals surface area (Å²) in [5.74, 6) is 0.420. The van der Waals surface area contributed by atoms with E-state index in [4.69, 9.17) is 9.73 Å². The molecule has 7 nitrogen and oxygen atoms in total. The van der Waals surface area contributed by atoms with Crippen molar-refractivity contribution in [2.75, 3.05) is 11.9 Å². The summed E-state index contributed by atoms with van der Waals surface area (Å²) in [6.07, 6.45) is 5.81. The van der Waals surface area contributed by atoms with Crippen molar-refractivity contribution in [3.05, 3.63) is 140 Å². The predicted octanol–water partition coefficient (Wildman–Crippen LogP) is 5.41. The highest BCUT2D eigenvalue weighted by Crippen LogP contribution is 2.32. The molecule has 0 unspecified atom stereocenters. The maximum absolute atomic E-state index is 14.2. The number of fused-ring (bicyclic) bond motifs is 2. The molecule has 0 saturated heterocycles. The second-order valence-electron chi connectivity index (χ2n) is 9.95. The zero-order chi connectivity index (χ0) is 29.2. The third-order valence-corrected chi connectivity index (χ3v) is 8.22. The van der Waals surface area contributed by atoms with Crippen LogP contribution in [0.5, 0.6) is 5.75 Å². The predicted molar refractivity (Wildman–Crippen MR) is 169 cm³/mol. The molecule has 210 valence electrons. The summed E-state index contributed by atoms with van der Waals surface area (Å²) in [5, 5.41) is 4.04. The largest absolute Gasteiger partial charge is 0.494 e. The molecule has 0 bridgehead atoms. The number of anilines is 1. The Kier molecular flexibility index (Phi) is 7.46. The first-order chi connectivity index (χ1) is 20.5. The number of para-hydroxylation sites is 2. The van der Waals surface area contributed by atoms with Crippen molar-refractivity contribution in [2.45, 2.75) is 26.4 Å². The van der Waals surface area contributed by atoms with Crippen LogP contribution in [0.15, 0.2) is 119 Å². The van der Waals surface area contributed by atoms with Crippen molar-refractivity contribution < 1.29 is 9.53 Å². The number of aromatic nitrogens is 2. The maximum atomic E-state index is 14.2. The Labute approximate surface area is 247 Å². The number of hydrogen-bond acceptors (Lipinski definition) is 5. The smallest absolute Gasteiger partial charge is 0.271 e. The quantitative estimate of drug-likeness (QED) is 0.252. The minimum Gasteiger partial charge on any atom is -0.494 e. The monoisotopic (exact) mass is 574 g/mol. The Bertz CT molecular complexity index is 2020. The minimum absolute atomic E-state index is 0.198. The lowest BCUT2D eigenvalue weighted by molar-refractivity contribution is -0.113. The van der Waals surface area contributed by atoms with E-state index in [2.05, 4.69) is 28.6 Å². The standard InChI is InChI=1S/C34H30N4O3S/c1-4-19-37-21-24(27-13-9-10-14-28(27)37)20-29-33(40)38-31(23-15-17-26(18-16-23)41-5-2)30(22(3)35-34(38)42-29)32(39)36-25-11-7-6-8-12-25/h4,6-18,20-21,31H,1,5,19H2,2-3H3,(H,36,39)/b29-20-/t31-/m0/s1. The molecule has 1 N–H and O–H groups in total. The van der Waals surface area contributed by atoms with Gasteiger partial charge in [-0.15, -0.1) is 6.58 Å². The lowest BCUT2D eigenvalue weighted by Crippen LogP contribution is -2.40. The van der Waals surface area contributed by atoms with E-state index in [-0.39, 0.29) is 11.5 Å². The van der Waals surface area contributed by atoms with Crippen LogP contribution in [-0.2, 0) is 11.3 Å². The molecule has 0 spiro atoms. The molecule has 2 aromatic heterocycles. The number of nitrogens with zero attached hydrogens (tertiary/aromatic N) is 3. The Morgan fingerprint density at radius 2 is 1.81 bits per heavy atom. The molecule has 6 rings (SSSR count). The molecule has 0 aliphatic carbocycles. The van der Waals surface area contributed by atoms with Crippen LogP contribution >= 0.6 is 11.3 Å². The minimum atomic E-state index is -0.662. The average Bonchev–Trinajstić information content (AvgIpc) is 3.50. The number of carbonyl (C=O) groups is 1. The van der Waals surface area contributed by atoms with Crippen molar-refractivity contribution in [3.8, 4) is 5.75 Å². The van der Waals surface area contributed by atoms with Crippen molar-refractivity contribution in [1.82, 2.24) is 9.13 Å². The van der Waals surface area contributed by atoms with Crippen LogP contribution in [0.3, 0.4) is 0 Å². The third-order valence-electron chi connectivity index (χ3n) is 7.24. The number of carbonyl (C=O) groups excluding carboxylic acids is 1. The van der Waals surface area contributed by atoms with Gasteiger partial charge in [0.15, 0.2) is 4.80 Å². The summed E-state index contributed by atoms with van der Waals surface area (Å²) in [4.78, 5) is 33.2. The number of hydrogen-bond donors (Lipinski definition) is 1. The Balaban J connectivity index is 1.51. The highest BCUT2D eigenvalue weighted by Gasteiger charge is 2.32. The van der Waals surface area contributed by atoms with Gasteiger partial charge in [0.25, 0.3) is 11.5 Å². The first-order valence-corrected chi connectivity index (χ1v) is 14.6. The molecule has 3 aromatic carbocycles. The third kappa shape index (κ3) is 5.01. The Morgan fingerprint density at radius 3 is 2.55 bits per heavy atom. The van der Waals surface area contributed by atoms with Crippen LogP contribution in [0, 0.1) is 0 Å². The first-order valence-electron chi connectivity index (χ1n) is 13.8. The van der Waals surface area contributed by atoms with Gasteiger partial charge in [-0.2, -0.15) is 0 Å². The van der Waals surface area contributed by atoms with Gasteiger partial charge in [0.2, 0.25) is 0 Å². The number of ether oxygens (including phenoxy) is 1. The molecule has 42 heavy (non-hydrogen) atoms. The Hall–Kier alpha value is -4.95. The van der Waals surface area contributed by atoms with Crippen molar-refractivity contribution in [2.24, 2.45) is 4.99 Å². The number of allylic oxidation sites excluding steroid dienone is 2. The number of benzene rings is 3. The van der Waals surface area contributed by atoms with E-state index in [9.17, 15) is 9.59 Å². The summed E-state index contributed by atoms with van der Waals surface area (Å²) in [5.41, 5.74) is 4.26. The van der Waals surface area contributed by atoms with Crippen molar-refractivity contribution >= 4 is 39.9 Å². The van der Waals surface area contributed by atoms with E-state index >= 15 is 0 Å². The van der Waals surface area contributed by atoms with Crippen LogP contribution in [0.2, 0.25) is 0 Å². The molecule has 0 fully saturated rings. The normalized spacial score (nSPS) is 14.9. The highest BCUT2D eigenvalue weighted by molar-refractivity contribution is 7.07. The second-order valence-corrected chi connectivity index (χ2v) is 11.0. The fourth-order valence-corrected chi connectivity index (χ4v) is 6.42. The fourth-order valence-electron chi connectivity index (χ4n) is 5.38. The molecule has 5 aromatic rings. The zero-order valence-corrected chi connectivity index (χ0v) is 24.2.